The van der Waals surface area contributed by atoms with Crippen LogP contribution in [0.15, 0.2) is 29.6 Å². The molecule has 0 spiro atoms. The van der Waals surface area contributed by atoms with Crippen molar-refractivity contribution in [2.24, 2.45) is 0 Å². The van der Waals surface area contributed by atoms with Gasteiger partial charge >= 0.3 is 0 Å². The first-order valence-electron chi connectivity index (χ1n) is 7.04. The lowest BCUT2D eigenvalue weighted by Gasteiger charge is -2.21. The zero-order chi connectivity index (χ0) is 13.8. The summed E-state index contributed by atoms with van der Waals surface area (Å²) in [6.07, 6.45) is 1.10. The Hall–Kier alpha value is -1.12. The molecule has 1 unspecified atom stereocenters. The third-order valence-electron chi connectivity index (χ3n) is 3.58. The van der Waals surface area contributed by atoms with Crippen LogP contribution in [0.3, 0.4) is 0 Å². The first-order chi connectivity index (χ1) is 9.17. The highest BCUT2D eigenvalue weighted by Gasteiger charge is 2.19. The number of nitrogens with one attached hydrogen (secondary N) is 1. The number of aryl methyl sites for hydroxylation is 3. The van der Waals surface area contributed by atoms with Gasteiger partial charge in [0, 0.05) is 4.88 Å². The molecule has 2 aromatic rings. The largest absolute Gasteiger partial charge is 0.306 e. The summed E-state index contributed by atoms with van der Waals surface area (Å²) in [4.78, 5) is 1.47. The highest BCUT2D eigenvalue weighted by Crippen LogP contribution is 2.32. The molecule has 2 heteroatoms. The lowest BCUT2D eigenvalue weighted by molar-refractivity contribution is 0.632. The first-order valence-corrected chi connectivity index (χ1v) is 7.92. The predicted octanol–water partition coefficient (Wildman–Crippen LogP) is 4.63. The highest BCUT2D eigenvalue weighted by molar-refractivity contribution is 7.10. The zero-order valence-electron chi connectivity index (χ0n) is 12.3. The minimum Gasteiger partial charge on any atom is -0.306 e. The maximum absolute atomic E-state index is 3.65. The lowest BCUT2D eigenvalue weighted by Crippen LogP contribution is -2.23. The van der Waals surface area contributed by atoms with Gasteiger partial charge in [0.25, 0.3) is 0 Å². The van der Waals surface area contributed by atoms with Gasteiger partial charge in [0.05, 0.1) is 6.04 Å². The van der Waals surface area contributed by atoms with Crippen LogP contribution in [0, 0.1) is 13.8 Å². The van der Waals surface area contributed by atoms with Gasteiger partial charge in [-0.1, -0.05) is 37.6 Å². The topological polar surface area (TPSA) is 12.0 Å². The summed E-state index contributed by atoms with van der Waals surface area (Å²) in [6.45, 7) is 9.77. The molecule has 0 bridgehead atoms. The maximum Gasteiger partial charge on any atom is 0.0676 e. The molecular formula is C17H23NS. The van der Waals surface area contributed by atoms with Crippen LogP contribution in [-0.2, 0) is 6.42 Å². The molecule has 0 aliphatic rings. The third-order valence-corrected chi connectivity index (χ3v) is 4.60. The molecular weight excluding hydrogens is 250 g/mol. The Labute approximate surface area is 120 Å². The van der Waals surface area contributed by atoms with Gasteiger partial charge in [-0.3, -0.25) is 0 Å². The molecule has 0 aliphatic carbocycles. The van der Waals surface area contributed by atoms with E-state index in [1.54, 1.807) is 0 Å². The van der Waals surface area contributed by atoms with Gasteiger partial charge in [-0.15, -0.1) is 11.3 Å². The van der Waals surface area contributed by atoms with Crippen LogP contribution in [0.1, 0.15) is 47.0 Å². The van der Waals surface area contributed by atoms with E-state index in [1.807, 2.05) is 11.3 Å². The molecule has 1 aromatic carbocycles. The van der Waals surface area contributed by atoms with Gasteiger partial charge in [-0.05, 0) is 54.9 Å². The van der Waals surface area contributed by atoms with Crippen molar-refractivity contribution in [3.63, 3.8) is 0 Å². The van der Waals surface area contributed by atoms with Gasteiger partial charge in [-0.25, -0.2) is 0 Å². The summed E-state index contributed by atoms with van der Waals surface area (Å²) in [5.74, 6) is 0. The van der Waals surface area contributed by atoms with Crippen molar-refractivity contribution in [3.8, 4) is 0 Å². The van der Waals surface area contributed by atoms with Crippen LogP contribution in [0.4, 0.5) is 0 Å². The van der Waals surface area contributed by atoms with E-state index in [4.69, 9.17) is 0 Å². The van der Waals surface area contributed by atoms with Crippen LogP contribution in [0.25, 0.3) is 0 Å². The van der Waals surface area contributed by atoms with Crippen molar-refractivity contribution in [1.82, 2.24) is 5.32 Å². The fourth-order valence-electron chi connectivity index (χ4n) is 2.51. The first kappa shape index (κ1) is 14.3. The maximum atomic E-state index is 3.65. The van der Waals surface area contributed by atoms with Crippen molar-refractivity contribution in [2.75, 3.05) is 6.54 Å². The molecule has 1 aromatic heterocycles. The Morgan fingerprint density at radius 2 is 1.95 bits per heavy atom. The second kappa shape index (κ2) is 6.36. The Morgan fingerprint density at radius 3 is 2.63 bits per heavy atom. The fraction of sp³-hybridized carbons (Fsp3) is 0.412. The van der Waals surface area contributed by atoms with Crippen molar-refractivity contribution in [3.05, 3.63) is 56.8 Å². The Bertz CT molecular complexity index is 542. The van der Waals surface area contributed by atoms with Gasteiger partial charge in [0.1, 0.15) is 0 Å². The summed E-state index contributed by atoms with van der Waals surface area (Å²) in [5.41, 5.74) is 5.58. The van der Waals surface area contributed by atoms with E-state index in [0.29, 0.717) is 6.04 Å². The number of hydrogen-bond acceptors (Lipinski definition) is 2. The molecule has 0 fully saturated rings. The third kappa shape index (κ3) is 3.07. The van der Waals surface area contributed by atoms with E-state index >= 15 is 0 Å². The molecule has 1 N–H and O–H groups in total. The van der Waals surface area contributed by atoms with Crippen molar-refractivity contribution in [1.29, 1.82) is 0 Å². The van der Waals surface area contributed by atoms with Crippen LogP contribution < -0.4 is 5.32 Å². The summed E-state index contributed by atoms with van der Waals surface area (Å²) < 4.78 is 0. The summed E-state index contributed by atoms with van der Waals surface area (Å²) >= 11 is 1.87. The Balaban J connectivity index is 2.48. The SMILES string of the molecule is CCNC(c1cc(C)ccc1C)c1sccc1CC. The van der Waals surface area contributed by atoms with Crippen molar-refractivity contribution < 1.29 is 0 Å². The summed E-state index contributed by atoms with van der Waals surface area (Å²) in [6, 6.07) is 9.34. The predicted molar refractivity (Wildman–Crippen MR) is 85.1 cm³/mol. The smallest absolute Gasteiger partial charge is 0.0676 e. The van der Waals surface area contributed by atoms with E-state index in [0.717, 1.165) is 13.0 Å². The van der Waals surface area contributed by atoms with Gasteiger partial charge in [0.2, 0.25) is 0 Å². The number of hydrogen-bond donors (Lipinski definition) is 1. The van der Waals surface area contributed by atoms with Crippen LogP contribution in [0.2, 0.25) is 0 Å². The molecule has 2 rings (SSSR count). The minimum atomic E-state index is 0.333. The number of rotatable bonds is 5. The molecule has 0 saturated heterocycles. The van der Waals surface area contributed by atoms with Crippen molar-refractivity contribution in [2.45, 2.75) is 40.2 Å². The standard InChI is InChI=1S/C17H23NS/c1-5-14-9-10-19-17(14)16(18-6-2)15-11-12(3)7-8-13(15)4/h7-11,16,18H,5-6H2,1-4H3. The molecule has 19 heavy (non-hydrogen) atoms. The molecule has 0 saturated carbocycles. The van der Waals surface area contributed by atoms with Gasteiger partial charge < -0.3 is 5.32 Å². The van der Waals surface area contributed by atoms with E-state index < -0.39 is 0 Å². The molecule has 0 amide bonds. The second-order valence-corrected chi connectivity index (χ2v) is 5.96. The van der Waals surface area contributed by atoms with Gasteiger partial charge in [0.15, 0.2) is 0 Å². The average Bonchev–Trinajstić information content (AvgIpc) is 2.87. The van der Waals surface area contributed by atoms with E-state index in [1.165, 1.54) is 27.1 Å². The molecule has 1 atom stereocenters. The van der Waals surface area contributed by atoms with Crippen LogP contribution >= 0.6 is 11.3 Å². The Morgan fingerprint density at radius 1 is 1.16 bits per heavy atom. The number of thiophene rings is 1. The molecule has 0 aliphatic heterocycles. The number of benzene rings is 1. The summed E-state index contributed by atoms with van der Waals surface area (Å²) in [7, 11) is 0. The van der Waals surface area contributed by atoms with Crippen molar-refractivity contribution >= 4 is 11.3 Å². The Kier molecular flexibility index (Phi) is 4.78. The molecule has 102 valence electrons. The van der Waals surface area contributed by atoms with Crippen LogP contribution in [-0.4, -0.2) is 6.54 Å². The molecule has 1 nitrogen and oxygen atoms in total. The monoisotopic (exact) mass is 273 g/mol. The summed E-state index contributed by atoms with van der Waals surface area (Å²) in [5, 5.41) is 5.87. The normalized spacial score (nSPS) is 12.6. The van der Waals surface area contributed by atoms with E-state index in [9.17, 15) is 0 Å². The molecule has 1 heterocycles. The average molecular weight is 273 g/mol. The minimum absolute atomic E-state index is 0.333. The zero-order valence-corrected chi connectivity index (χ0v) is 13.1. The second-order valence-electron chi connectivity index (χ2n) is 5.01. The lowest BCUT2D eigenvalue weighted by atomic mass is 9.95. The van der Waals surface area contributed by atoms with Crippen LogP contribution in [0.5, 0.6) is 0 Å². The quantitative estimate of drug-likeness (QED) is 0.837. The van der Waals surface area contributed by atoms with Gasteiger partial charge in [-0.2, -0.15) is 0 Å². The molecule has 0 radical (unpaired) electrons. The fourth-order valence-corrected chi connectivity index (χ4v) is 3.60. The van der Waals surface area contributed by atoms with E-state index in [2.05, 4.69) is 62.7 Å². The van der Waals surface area contributed by atoms with E-state index in [-0.39, 0.29) is 0 Å². The highest BCUT2D eigenvalue weighted by atomic mass is 32.1.